The molecule has 0 aromatic heterocycles. The van der Waals surface area contributed by atoms with Gasteiger partial charge in [-0.1, -0.05) is 26.7 Å². The fraction of sp³-hybridized carbons (Fsp3) is 1.00. The summed E-state index contributed by atoms with van der Waals surface area (Å²) < 4.78 is 23.0. The van der Waals surface area contributed by atoms with Crippen LogP contribution >= 0.6 is 0 Å². The third-order valence-corrected chi connectivity index (χ3v) is 5.68. The van der Waals surface area contributed by atoms with E-state index in [0.29, 0.717) is 12.5 Å². The van der Waals surface area contributed by atoms with Crippen molar-refractivity contribution in [1.82, 2.24) is 5.32 Å². The largest absolute Gasteiger partial charge is 0.315 e. The van der Waals surface area contributed by atoms with Crippen LogP contribution in [0.4, 0.5) is 0 Å². The van der Waals surface area contributed by atoms with Crippen molar-refractivity contribution in [3.05, 3.63) is 0 Å². The molecular weight excluding hydrogens is 222 g/mol. The van der Waals surface area contributed by atoms with E-state index in [-0.39, 0.29) is 5.75 Å². The molecule has 0 spiro atoms. The van der Waals surface area contributed by atoms with Crippen molar-refractivity contribution in [3.63, 3.8) is 0 Å². The smallest absolute Gasteiger partial charge is 0.156 e. The maximum atomic E-state index is 11.8. The fourth-order valence-electron chi connectivity index (χ4n) is 1.40. The van der Waals surface area contributed by atoms with Crippen molar-refractivity contribution >= 4 is 9.84 Å². The van der Waals surface area contributed by atoms with Crippen LogP contribution in [0.1, 0.15) is 47.5 Å². The highest BCUT2D eigenvalue weighted by molar-refractivity contribution is 7.92. The molecule has 0 aromatic carbocycles. The molecule has 0 aromatic rings. The third kappa shape index (κ3) is 5.30. The van der Waals surface area contributed by atoms with Crippen molar-refractivity contribution < 1.29 is 8.42 Å². The standard InChI is InChI=1S/C12H27NO2S/c1-6-11(7-2)10-13-8-9-16(14,15)12(3,4)5/h11,13H,6-10H2,1-5H3. The van der Waals surface area contributed by atoms with Gasteiger partial charge >= 0.3 is 0 Å². The molecule has 0 aliphatic carbocycles. The summed E-state index contributed by atoms with van der Waals surface area (Å²) in [4.78, 5) is 0. The predicted molar refractivity (Wildman–Crippen MR) is 70.5 cm³/mol. The van der Waals surface area contributed by atoms with Crippen LogP contribution in [0.5, 0.6) is 0 Å². The highest BCUT2D eigenvalue weighted by atomic mass is 32.2. The van der Waals surface area contributed by atoms with E-state index in [1.807, 2.05) is 0 Å². The normalized spacial score (nSPS) is 13.4. The van der Waals surface area contributed by atoms with Crippen molar-refractivity contribution in [2.75, 3.05) is 18.8 Å². The molecule has 0 aliphatic heterocycles. The summed E-state index contributed by atoms with van der Waals surface area (Å²) in [6.07, 6.45) is 2.30. The Balaban J connectivity index is 3.92. The van der Waals surface area contributed by atoms with Crippen LogP contribution in [-0.4, -0.2) is 32.0 Å². The van der Waals surface area contributed by atoms with Crippen molar-refractivity contribution in [3.8, 4) is 0 Å². The Hall–Kier alpha value is -0.0900. The molecule has 16 heavy (non-hydrogen) atoms. The van der Waals surface area contributed by atoms with Crippen molar-refractivity contribution in [1.29, 1.82) is 0 Å². The Morgan fingerprint density at radius 1 is 1.12 bits per heavy atom. The van der Waals surface area contributed by atoms with Crippen molar-refractivity contribution in [2.24, 2.45) is 5.92 Å². The van der Waals surface area contributed by atoms with Gasteiger partial charge in [0.2, 0.25) is 0 Å². The molecule has 0 aliphatic rings. The lowest BCUT2D eigenvalue weighted by Gasteiger charge is -2.20. The summed E-state index contributed by atoms with van der Waals surface area (Å²) in [7, 11) is -2.97. The Kier molecular flexibility index (Phi) is 6.56. The second-order valence-electron chi connectivity index (χ2n) is 5.32. The zero-order valence-electron chi connectivity index (χ0n) is 11.3. The third-order valence-electron chi connectivity index (χ3n) is 3.07. The van der Waals surface area contributed by atoms with Gasteiger partial charge < -0.3 is 5.32 Å². The van der Waals surface area contributed by atoms with Gasteiger partial charge in [0.05, 0.1) is 10.5 Å². The summed E-state index contributed by atoms with van der Waals surface area (Å²) in [6, 6.07) is 0. The average Bonchev–Trinajstić information content (AvgIpc) is 2.16. The Labute approximate surface area is 101 Å². The van der Waals surface area contributed by atoms with E-state index >= 15 is 0 Å². The highest BCUT2D eigenvalue weighted by Crippen LogP contribution is 2.15. The van der Waals surface area contributed by atoms with E-state index in [9.17, 15) is 8.42 Å². The average molecular weight is 249 g/mol. The van der Waals surface area contributed by atoms with Gasteiger partial charge in [0.25, 0.3) is 0 Å². The molecule has 98 valence electrons. The zero-order valence-corrected chi connectivity index (χ0v) is 12.2. The molecule has 0 atom stereocenters. The first-order valence-electron chi connectivity index (χ1n) is 6.17. The van der Waals surface area contributed by atoms with Gasteiger partial charge in [-0.15, -0.1) is 0 Å². The van der Waals surface area contributed by atoms with Crippen LogP contribution in [0.2, 0.25) is 0 Å². The highest BCUT2D eigenvalue weighted by Gasteiger charge is 2.27. The first-order valence-corrected chi connectivity index (χ1v) is 7.82. The minimum absolute atomic E-state index is 0.233. The molecule has 1 N–H and O–H groups in total. The van der Waals surface area contributed by atoms with E-state index in [0.717, 1.165) is 19.4 Å². The minimum Gasteiger partial charge on any atom is -0.315 e. The lowest BCUT2D eigenvalue weighted by molar-refractivity contribution is 0.455. The van der Waals surface area contributed by atoms with Crippen molar-refractivity contribution in [2.45, 2.75) is 52.2 Å². The van der Waals surface area contributed by atoms with Gasteiger partial charge in [-0.05, 0) is 33.2 Å². The molecular formula is C12H27NO2S. The summed E-state index contributed by atoms with van der Waals surface area (Å²) in [5.41, 5.74) is 0. The van der Waals surface area contributed by atoms with Crippen LogP contribution in [0.25, 0.3) is 0 Å². The van der Waals surface area contributed by atoms with E-state index in [1.165, 1.54) is 0 Å². The molecule has 0 fully saturated rings. The molecule has 4 heteroatoms. The van der Waals surface area contributed by atoms with Crippen LogP contribution in [0.3, 0.4) is 0 Å². The topological polar surface area (TPSA) is 46.2 Å². The second-order valence-corrected chi connectivity index (χ2v) is 8.18. The number of hydrogen-bond donors (Lipinski definition) is 1. The molecule has 0 heterocycles. The van der Waals surface area contributed by atoms with Gasteiger partial charge in [0, 0.05) is 6.54 Å². The second kappa shape index (κ2) is 6.60. The molecule has 0 saturated heterocycles. The summed E-state index contributed by atoms with van der Waals surface area (Å²) in [6.45, 7) is 11.1. The number of hydrogen-bond acceptors (Lipinski definition) is 3. The number of sulfone groups is 1. The minimum atomic E-state index is -2.97. The molecule has 0 radical (unpaired) electrons. The summed E-state index contributed by atoms with van der Waals surface area (Å²) >= 11 is 0. The van der Waals surface area contributed by atoms with E-state index in [4.69, 9.17) is 0 Å². The lowest BCUT2D eigenvalue weighted by atomic mass is 10.0. The van der Waals surface area contributed by atoms with Crippen LogP contribution in [0, 0.1) is 5.92 Å². The Bertz CT molecular complexity index is 274. The van der Waals surface area contributed by atoms with Crippen LogP contribution < -0.4 is 5.32 Å². The molecule has 0 unspecified atom stereocenters. The quantitative estimate of drug-likeness (QED) is 0.704. The molecule has 0 saturated carbocycles. The van der Waals surface area contributed by atoms with Crippen LogP contribution in [0.15, 0.2) is 0 Å². The SMILES string of the molecule is CCC(CC)CNCCS(=O)(=O)C(C)(C)C. The zero-order chi connectivity index (χ0) is 12.8. The van der Waals surface area contributed by atoms with E-state index in [1.54, 1.807) is 20.8 Å². The number of rotatable bonds is 7. The molecule has 0 bridgehead atoms. The lowest BCUT2D eigenvalue weighted by Crippen LogP contribution is -2.35. The van der Waals surface area contributed by atoms with Gasteiger partial charge in [-0.2, -0.15) is 0 Å². The van der Waals surface area contributed by atoms with Crippen LogP contribution in [-0.2, 0) is 9.84 Å². The molecule has 3 nitrogen and oxygen atoms in total. The fourth-order valence-corrected chi connectivity index (χ4v) is 2.42. The Morgan fingerprint density at radius 3 is 2.00 bits per heavy atom. The maximum Gasteiger partial charge on any atom is 0.156 e. The first kappa shape index (κ1) is 15.9. The van der Waals surface area contributed by atoms with Gasteiger partial charge in [-0.3, -0.25) is 0 Å². The van der Waals surface area contributed by atoms with Gasteiger partial charge in [-0.25, -0.2) is 8.42 Å². The summed E-state index contributed by atoms with van der Waals surface area (Å²) in [5.74, 6) is 0.897. The van der Waals surface area contributed by atoms with E-state index in [2.05, 4.69) is 19.2 Å². The maximum absolute atomic E-state index is 11.8. The van der Waals surface area contributed by atoms with Gasteiger partial charge in [0.15, 0.2) is 9.84 Å². The molecule has 0 amide bonds. The van der Waals surface area contributed by atoms with Gasteiger partial charge in [0.1, 0.15) is 0 Å². The monoisotopic (exact) mass is 249 g/mol. The summed E-state index contributed by atoms with van der Waals surface area (Å²) in [5, 5.41) is 3.24. The molecule has 0 rings (SSSR count). The Morgan fingerprint density at radius 2 is 1.62 bits per heavy atom. The predicted octanol–water partition coefficient (Wildman–Crippen LogP) is 2.23. The first-order chi connectivity index (χ1) is 7.24. The van der Waals surface area contributed by atoms with E-state index < -0.39 is 14.6 Å². The number of nitrogens with one attached hydrogen (secondary N) is 1.